The van der Waals surface area contributed by atoms with Crippen LogP contribution in [0.15, 0.2) is 42.5 Å². The molecule has 0 radical (unpaired) electrons. The quantitative estimate of drug-likeness (QED) is 0.706. The molecule has 100 valence electrons. The van der Waals surface area contributed by atoms with Crippen molar-refractivity contribution in [3.63, 3.8) is 0 Å². The van der Waals surface area contributed by atoms with Gasteiger partial charge < -0.3 is 4.74 Å². The first kappa shape index (κ1) is 14.2. The third kappa shape index (κ3) is 3.65. The topological polar surface area (TPSA) is 9.23 Å². The number of rotatable bonds is 4. The van der Waals surface area contributed by atoms with Crippen LogP contribution in [0.2, 0.25) is 5.02 Å². The van der Waals surface area contributed by atoms with E-state index in [0.29, 0.717) is 5.02 Å². The highest BCUT2D eigenvalue weighted by atomic mass is 35.5. The van der Waals surface area contributed by atoms with Gasteiger partial charge in [-0.3, -0.25) is 0 Å². The van der Waals surface area contributed by atoms with Crippen molar-refractivity contribution < 1.29 is 4.74 Å². The number of alkyl halides is 1. The second-order valence-corrected chi connectivity index (χ2v) is 5.48. The molecule has 2 aromatic rings. The van der Waals surface area contributed by atoms with Gasteiger partial charge in [0.15, 0.2) is 0 Å². The Morgan fingerprint density at radius 1 is 1.16 bits per heavy atom. The van der Waals surface area contributed by atoms with E-state index in [4.69, 9.17) is 27.9 Å². The Kier molecular flexibility index (Phi) is 4.73. The molecule has 19 heavy (non-hydrogen) atoms. The molecule has 1 atom stereocenters. The Morgan fingerprint density at radius 2 is 1.95 bits per heavy atom. The highest BCUT2D eigenvalue weighted by Gasteiger charge is 2.13. The fraction of sp³-hybridized carbons (Fsp3) is 0.250. The summed E-state index contributed by atoms with van der Waals surface area (Å²) >= 11 is 12.7. The van der Waals surface area contributed by atoms with E-state index in [-0.39, 0.29) is 5.38 Å². The number of aryl methyl sites for hydroxylation is 1. The molecule has 0 amide bonds. The van der Waals surface area contributed by atoms with E-state index in [2.05, 4.69) is 25.1 Å². The molecule has 0 fully saturated rings. The highest BCUT2D eigenvalue weighted by molar-refractivity contribution is 6.33. The standard InChI is InChI=1S/C16H16Cl2O/c1-11-4-3-5-12(8-11)9-15(17)14-7-6-13(19-2)10-16(14)18/h3-8,10,15H,9H2,1-2H3. The first-order valence-corrected chi connectivity index (χ1v) is 6.94. The molecular formula is C16H16Cl2O. The van der Waals surface area contributed by atoms with Gasteiger partial charge in [-0.25, -0.2) is 0 Å². The monoisotopic (exact) mass is 294 g/mol. The predicted molar refractivity (Wildman–Crippen MR) is 81.5 cm³/mol. The van der Waals surface area contributed by atoms with E-state index < -0.39 is 0 Å². The number of methoxy groups -OCH3 is 1. The van der Waals surface area contributed by atoms with Gasteiger partial charge >= 0.3 is 0 Å². The van der Waals surface area contributed by atoms with Crippen LogP contribution < -0.4 is 4.74 Å². The zero-order chi connectivity index (χ0) is 13.8. The van der Waals surface area contributed by atoms with Crippen molar-refractivity contribution in [1.29, 1.82) is 0 Å². The minimum Gasteiger partial charge on any atom is -0.497 e. The number of ether oxygens (including phenoxy) is 1. The minimum absolute atomic E-state index is 0.139. The number of hydrogen-bond acceptors (Lipinski definition) is 1. The lowest BCUT2D eigenvalue weighted by Gasteiger charge is -2.13. The average Bonchev–Trinajstić information content (AvgIpc) is 2.38. The largest absolute Gasteiger partial charge is 0.497 e. The van der Waals surface area contributed by atoms with Crippen molar-refractivity contribution in [2.45, 2.75) is 18.7 Å². The van der Waals surface area contributed by atoms with Gasteiger partial charge in [0, 0.05) is 5.02 Å². The first-order valence-electron chi connectivity index (χ1n) is 6.13. The predicted octanol–water partition coefficient (Wildman–Crippen LogP) is 5.18. The smallest absolute Gasteiger partial charge is 0.120 e. The Bertz CT molecular complexity index is 566. The summed E-state index contributed by atoms with van der Waals surface area (Å²) in [4.78, 5) is 0. The van der Waals surface area contributed by atoms with Gasteiger partial charge in [0.25, 0.3) is 0 Å². The van der Waals surface area contributed by atoms with Gasteiger partial charge in [0.05, 0.1) is 12.5 Å². The summed E-state index contributed by atoms with van der Waals surface area (Å²) in [5.74, 6) is 0.744. The molecule has 0 aliphatic heterocycles. The molecule has 0 aliphatic rings. The molecular weight excluding hydrogens is 279 g/mol. The molecule has 0 aromatic heterocycles. The summed E-state index contributed by atoms with van der Waals surface area (Å²) < 4.78 is 5.14. The SMILES string of the molecule is COc1ccc(C(Cl)Cc2cccc(C)c2)c(Cl)c1. The number of hydrogen-bond donors (Lipinski definition) is 0. The summed E-state index contributed by atoms with van der Waals surface area (Å²) in [6.45, 7) is 2.08. The Hall–Kier alpha value is -1.18. The molecule has 2 aromatic carbocycles. The fourth-order valence-corrected chi connectivity index (χ4v) is 2.77. The van der Waals surface area contributed by atoms with Crippen molar-refractivity contribution in [2.24, 2.45) is 0 Å². The lowest BCUT2D eigenvalue weighted by Crippen LogP contribution is -1.97. The number of benzene rings is 2. The van der Waals surface area contributed by atoms with Gasteiger partial charge in [-0.2, -0.15) is 0 Å². The van der Waals surface area contributed by atoms with Crippen LogP contribution in [0.4, 0.5) is 0 Å². The Balaban J connectivity index is 2.18. The van der Waals surface area contributed by atoms with Crippen LogP contribution in [-0.4, -0.2) is 7.11 Å². The molecule has 2 rings (SSSR count). The van der Waals surface area contributed by atoms with E-state index in [9.17, 15) is 0 Å². The van der Waals surface area contributed by atoms with Gasteiger partial charge in [-0.1, -0.05) is 47.5 Å². The van der Waals surface area contributed by atoms with Gasteiger partial charge in [0.1, 0.15) is 5.75 Å². The zero-order valence-electron chi connectivity index (χ0n) is 11.0. The maximum absolute atomic E-state index is 6.47. The molecule has 0 saturated heterocycles. The van der Waals surface area contributed by atoms with Crippen LogP contribution in [0.5, 0.6) is 5.75 Å². The van der Waals surface area contributed by atoms with Crippen molar-refractivity contribution >= 4 is 23.2 Å². The van der Waals surface area contributed by atoms with Crippen molar-refractivity contribution in [3.05, 3.63) is 64.2 Å². The summed E-state index contributed by atoms with van der Waals surface area (Å²) in [7, 11) is 1.62. The molecule has 1 nitrogen and oxygen atoms in total. The molecule has 0 aliphatic carbocycles. The maximum atomic E-state index is 6.47. The zero-order valence-corrected chi connectivity index (χ0v) is 12.5. The van der Waals surface area contributed by atoms with Crippen molar-refractivity contribution in [2.75, 3.05) is 7.11 Å². The summed E-state index contributed by atoms with van der Waals surface area (Å²) in [6.07, 6.45) is 0.759. The third-order valence-corrected chi connectivity index (χ3v) is 3.76. The first-order chi connectivity index (χ1) is 9.10. The van der Waals surface area contributed by atoms with E-state index in [0.717, 1.165) is 17.7 Å². The van der Waals surface area contributed by atoms with Crippen LogP contribution in [0.3, 0.4) is 0 Å². The highest BCUT2D eigenvalue weighted by Crippen LogP contribution is 2.33. The fourth-order valence-electron chi connectivity index (χ4n) is 2.04. The van der Waals surface area contributed by atoms with Gasteiger partial charge in [-0.05, 0) is 36.6 Å². The second-order valence-electron chi connectivity index (χ2n) is 4.55. The van der Waals surface area contributed by atoms with E-state index in [1.165, 1.54) is 11.1 Å². The summed E-state index contributed by atoms with van der Waals surface area (Å²) in [5.41, 5.74) is 3.39. The van der Waals surface area contributed by atoms with Crippen LogP contribution in [0, 0.1) is 6.92 Å². The number of halogens is 2. The van der Waals surface area contributed by atoms with Crippen molar-refractivity contribution in [3.8, 4) is 5.75 Å². The third-order valence-electron chi connectivity index (χ3n) is 3.04. The van der Waals surface area contributed by atoms with E-state index >= 15 is 0 Å². The summed E-state index contributed by atoms with van der Waals surface area (Å²) in [5, 5.41) is 0.507. The lowest BCUT2D eigenvalue weighted by molar-refractivity contribution is 0.414. The normalized spacial score (nSPS) is 12.2. The molecule has 0 N–H and O–H groups in total. The average molecular weight is 295 g/mol. The molecule has 0 spiro atoms. The van der Waals surface area contributed by atoms with E-state index in [1.54, 1.807) is 13.2 Å². The lowest BCUT2D eigenvalue weighted by atomic mass is 10.0. The van der Waals surface area contributed by atoms with Crippen LogP contribution in [0.1, 0.15) is 22.1 Å². The molecule has 0 heterocycles. The van der Waals surface area contributed by atoms with Crippen LogP contribution in [-0.2, 0) is 6.42 Å². The van der Waals surface area contributed by atoms with Crippen molar-refractivity contribution in [1.82, 2.24) is 0 Å². The Morgan fingerprint density at radius 3 is 2.58 bits per heavy atom. The maximum Gasteiger partial charge on any atom is 0.120 e. The molecule has 3 heteroatoms. The van der Waals surface area contributed by atoms with Gasteiger partial charge in [0.2, 0.25) is 0 Å². The van der Waals surface area contributed by atoms with E-state index in [1.807, 2.05) is 18.2 Å². The second kappa shape index (κ2) is 6.31. The molecule has 0 saturated carbocycles. The van der Waals surface area contributed by atoms with Gasteiger partial charge in [-0.15, -0.1) is 11.6 Å². The minimum atomic E-state index is -0.139. The molecule has 1 unspecified atom stereocenters. The summed E-state index contributed by atoms with van der Waals surface area (Å²) in [6, 6.07) is 14.0. The van der Waals surface area contributed by atoms with Crippen LogP contribution >= 0.6 is 23.2 Å². The van der Waals surface area contributed by atoms with Crippen LogP contribution in [0.25, 0.3) is 0 Å². The Labute approximate surface area is 124 Å². The molecule has 0 bridgehead atoms.